The molecule has 0 saturated heterocycles. The fraction of sp³-hybridized carbons (Fsp3) is 0.400. The van der Waals surface area contributed by atoms with Gasteiger partial charge in [0, 0.05) is 0 Å². The summed E-state index contributed by atoms with van der Waals surface area (Å²) in [5.74, 6) is -11.5. The second-order valence-electron chi connectivity index (χ2n) is 4.05. The second kappa shape index (κ2) is 3.83. The summed E-state index contributed by atoms with van der Waals surface area (Å²) < 4.78 is 69.0. The first kappa shape index (κ1) is 12.1. The highest BCUT2D eigenvalue weighted by atomic mass is 19.2. The maximum absolute atomic E-state index is 13.1. The first-order chi connectivity index (χ1) is 7.86. The zero-order valence-corrected chi connectivity index (χ0v) is 8.50. The van der Waals surface area contributed by atoms with Gasteiger partial charge in [0.2, 0.25) is 29.1 Å². The molecule has 0 aromatic heterocycles. The van der Waals surface area contributed by atoms with E-state index in [-0.39, 0.29) is 6.61 Å². The van der Waals surface area contributed by atoms with Crippen molar-refractivity contribution in [2.45, 2.75) is 18.4 Å². The van der Waals surface area contributed by atoms with Crippen molar-refractivity contribution >= 4 is 0 Å². The number of ether oxygens (including phenoxy) is 1. The molecular formula is C10H8F5NO. The molecule has 1 aliphatic carbocycles. The van der Waals surface area contributed by atoms with E-state index in [9.17, 15) is 22.0 Å². The number of halogens is 5. The molecule has 2 rings (SSSR count). The van der Waals surface area contributed by atoms with Crippen molar-refractivity contribution in [1.29, 1.82) is 0 Å². The minimum Gasteiger partial charge on any atom is -0.486 e. The molecule has 0 aliphatic heterocycles. The Morgan fingerprint density at radius 2 is 1.29 bits per heavy atom. The lowest BCUT2D eigenvalue weighted by Gasteiger charge is -2.13. The van der Waals surface area contributed by atoms with Gasteiger partial charge in [0.25, 0.3) is 0 Å². The minimum atomic E-state index is -2.21. The lowest BCUT2D eigenvalue weighted by Crippen LogP contribution is -2.30. The van der Waals surface area contributed by atoms with E-state index in [1.165, 1.54) is 0 Å². The standard InChI is InChI=1S/C10H8F5NO/c11-4-5(12)7(14)9(8(15)6(4)13)17-3-10(16)1-2-10/h1-3,16H2. The fourth-order valence-electron chi connectivity index (χ4n) is 1.23. The van der Waals surface area contributed by atoms with Crippen molar-refractivity contribution in [1.82, 2.24) is 0 Å². The summed E-state index contributed by atoms with van der Waals surface area (Å²) in [4.78, 5) is 0. The van der Waals surface area contributed by atoms with Gasteiger partial charge < -0.3 is 10.5 Å². The van der Waals surface area contributed by atoms with Gasteiger partial charge in [-0.3, -0.25) is 0 Å². The SMILES string of the molecule is NC1(COc2c(F)c(F)c(F)c(F)c2F)CC1. The molecule has 2 N–H and O–H groups in total. The molecule has 0 unspecified atom stereocenters. The highest BCUT2D eigenvalue weighted by Crippen LogP contribution is 2.35. The first-order valence-corrected chi connectivity index (χ1v) is 4.79. The van der Waals surface area contributed by atoms with E-state index in [0.717, 1.165) is 0 Å². The Balaban J connectivity index is 2.32. The van der Waals surface area contributed by atoms with Crippen molar-refractivity contribution in [3.8, 4) is 5.75 Å². The van der Waals surface area contributed by atoms with Crippen LogP contribution in [0.1, 0.15) is 12.8 Å². The molecule has 17 heavy (non-hydrogen) atoms. The summed E-state index contributed by atoms with van der Waals surface area (Å²) in [6, 6.07) is 0. The van der Waals surface area contributed by atoms with E-state index < -0.39 is 40.4 Å². The third-order valence-corrected chi connectivity index (χ3v) is 2.57. The van der Waals surface area contributed by atoms with Gasteiger partial charge in [-0.05, 0) is 12.8 Å². The number of benzene rings is 1. The third kappa shape index (κ3) is 2.06. The van der Waals surface area contributed by atoms with Crippen LogP contribution >= 0.6 is 0 Å². The van der Waals surface area contributed by atoms with Crippen LogP contribution in [0.2, 0.25) is 0 Å². The van der Waals surface area contributed by atoms with Gasteiger partial charge in [0.1, 0.15) is 6.61 Å². The number of hydrogen-bond acceptors (Lipinski definition) is 2. The lowest BCUT2D eigenvalue weighted by atomic mass is 10.2. The van der Waals surface area contributed by atoms with Crippen LogP contribution in [0, 0.1) is 29.1 Å². The topological polar surface area (TPSA) is 35.2 Å². The van der Waals surface area contributed by atoms with Crippen LogP contribution in [-0.2, 0) is 0 Å². The Labute approximate surface area is 93.2 Å². The summed E-state index contributed by atoms with van der Waals surface area (Å²) in [6.45, 7) is -0.286. The Morgan fingerprint density at radius 3 is 1.71 bits per heavy atom. The zero-order chi connectivity index (χ0) is 12.8. The molecule has 0 heterocycles. The molecule has 94 valence electrons. The Kier molecular flexibility index (Phi) is 2.73. The van der Waals surface area contributed by atoms with E-state index in [1.807, 2.05) is 0 Å². The molecule has 2 nitrogen and oxygen atoms in total. The number of hydrogen-bond donors (Lipinski definition) is 1. The molecule has 1 fully saturated rings. The van der Waals surface area contributed by atoms with Gasteiger partial charge in [0.15, 0.2) is 5.75 Å². The van der Waals surface area contributed by atoms with Crippen LogP contribution < -0.4 is 10.5 Å². The molecule has 0 spiro atoms. The zero-order valence-electron chi connectivity index (χ0n) is 8.50. The highest BCUT2D eigenvalue weighted by Gasteiger charge is 2.40. The predicted octanol–water partition coefficient (Wildman–Crippen LogP) is 2.25. The van der Waals surface area contributed by atoms with Crippen LogP contribution in [0.4, 0.5) is 22.0 Å². The second-order valence-corrected chi connectivity index (χ2v) is 4.05. The van der Waals surface area contributed by atoms with Gasteiger partial charge in [-0.15, -0.1) is 0 Å². The van der Waals surface area contributed by atoms with Crippen LogP contribution in [0.5, 0.6) is 5.75 Å². The van der Waals surface area contributed by atoms with E-state index in [4.69, 9.17) is 5.73 Å². The quantitative estimate of drug-likeness (QED) is 0.509. The third-order valence-electron chi connectivity index (χ3n) is 2.57. The van der Waals surface area contributed by atoms with Crippen molar-refractivity contribution in [3.05, 3.63) is 29.1 Å². The predicted molar refractivity (Wildman–Crippen MR) is 47.9 cm³/mol. The molecule has 7 heteroatoms. The minimum absolute atomic E-state index is 0.286. The summed E-state index contributed by atoms with van der Waals surface area (Å²) in [5, 5.41) is 0. The molecule has 0 amide bonds. The lowest BCUT2D eigenvalue weighted by molar-refractivity contribution is 0.239. The monoisotopic (exact) mass is 253 g/mol. The average Bonchev–Trinajstić information content (AvgIpc) is 3.02. The summed E-state index contributed by atoms with van der Waals surface area (Å²) in [6.07, 6.45) is 1.17. The number of nitrogens with two attached hydrogens (primary N) is 1. The molecule has 0 radical (unpaired) electrons. The molecular weight excluding hydrogens is 245 g/mol. The summed E-state index contributed by atoms with van der Waals surface area (Å²) in [7, 11) is 0. The maximum atomic E-state index is 13.1. The van der Waals surface area contributed by atoms with Crippen molar-refractivity contribution in [2.75, 3.05) is 6.61 Å². The summed E-state index contributed by atoms with van der Waals surface area (Å²) in [5.41, 5.74) is 4.85. The van der Waals surface area contributed by atoms with E-state index >= 15 is 0 Å². The van der Waals surface area contributed by atoms with Crippen molar-refractivity contribution in [3.63, 3.8) is 0 Å². The van der Waals surface area contributed by atoms with Gasteiger partial charge in [0.05, 0.1) is 5.54 Å². The van der Waals surface area contributed by atoms with Crippen molar-refractivity contribution < 1.29 is 26.7 Å². The van der Waals surface area contributed by atoms with Crippen molar-refractivity contribution in [2.24, 2.45) is 5.73 Å². The summed E-state index contributed by atoms with van der Waals surface area (Å²) >= 11 is 0. The van der Waals surface area contributed by atoms with Crippen LogP contribution in [-0.4, -0.2) is 12.1 Å². The van der Waals surface area contributed by atoms with Crippen LogP contribution in [0.3, 0.4) is 0 Å². The maximum Gasteiger partial charge on any atom is 0.206 e. The molecule has 1 aromatic rings. The van der Waals surface area contributed by atoms with Crippen LogP contribution in [0.15, 0.2) is 0 Å². The van der Waals surface area contributed by atoms with Crippen LogP contribution in [0.25, 0.3) is 0 Å². The van der Waals surface area contributed by atoms with Gasteiger partial charge in [-0.1, -0.05) is 0 Å². The Bertz CT molecular complexity index is 443. The molecule has 0 bridgehead atoms. The molecule has 1 aromatic carbocycles. The fourth-order valence-corrected chi connectivity index (χ4v) is 1.23. The molecule has 1 saturated carbocycles. The molecule has 0 atom stereocenters. The first-order valence-electron chi connectivity index (χ1n) is 4.79. The van der Waals surface area contributed by atoms with E-state index in [1.54, 1.807) is 0 Å². The number of rotatable bonds is 3. The largest absolute Gasteiger partial charge is 0.486 e. The normalized spacial score (nSPS) is 17.1. The van der Waals surface area contributed by atoms with Gasteiger partial charge >= 0.3 is 0 Å². The Hall–Kier alpha value is -1.37. The smallest absolute Gasteiger partial charge is 0.206 e. The van der Waals surface area contributed by atoms with E-state index in [0.29, 0.717) is 12.8 Å². The highest BCUT2D eigenvalue weighted by molar-refractivity contribution is 5.30. The average molecular weight is 253 g/mol. The van der Waals surface area contributed by atoms with Gasteiger partial charge in [-0.2, -0.15) is 8.78 Å². The van der Waals surface area contributed by atoms with Gasteiger partial charge in [-0.25, -0.2) is 13.2 Å². The Morgan fingerprint density at radius 1 is 0.882 bits per heavy atom. The molecule has 1 aliphatic rings. The van der Waals surface area contributed by atoms with E-state index in [2.05, 4.69) is 4.74 Å².